The van der Waals surface area contributed by atoms with Crippen LogP contribution < -0.4 is 11.1 Å². The van der Waals surface area contributed by atoms with Crippen molar-refractivity contribution in [1.82, 2.24) is 19.4 Å². The third-order valence-corrected chi connectivity index (χ3v) is 7.11. The van der Waals surface area contributed by atoms with Gasteiger partial charge in [0.1, 0.15) is 10.5 Å². The van der Waals surface area contributed by atoms with Gasteiger partial charge in [0.2, 0.25) is 0 Å². The number of thioether (sulfide) groups is 1. The number of hydrogen-bond acceptors (Lipinski definition) is 7. The maximum absolute atomic E-state index is 12.7. The summed E-state index contributed by atoms with van der Waals surface area (Å²) >= 11 is 4.42. The van der Waals surface area contributed by atoms with Crippen LogP contribution in [0, 0.1) is 6.92 Å². The summed E-state index contributed by atoms with van der Waals surface area (Å²) in [6.45, 7) is 1.93. The molecule has 6 nitrogen and oxygen atoms in total. The third kappa shape index (κ3) is 3.41. The van der Waals surface area contributed by atoms with E-state index in [0.29, 0.717) is 32.5 Å². The molecule has 0 fully saturated rings. The highest BCUT2D eigenvalue weighted by atomic mass is 32.2. The normalized spacial score (nSPS) is 11.5. The van der Waals surface area contributed by atoms with Crippen LogP contribution >= 0.6 is 34.4 Å². The van der Waals surface area contributed by atoms with E-state index in [4.69, 9.17) is 0 Å². The summed E-state index contributed by atoms with van der Waals surface area (Å²) in [5, 5.41) is 5.11. The zero-order valence-corrected chi connectivity index (χ0v) is 17.7. The van der Waals surface area contributed by atoms with E-state index in [1.54, 1.807) is 17.5 Å². The Hall–Kier alpha value is -2.75. The van der Waals surface area contributed by atoms with Gasteiger partial charge in [-0.2, -0.15) is 0 Å². The number of pyridine rings is 1. The van der Waals surface area contributed by atoms with Gasteiger partial charge in [0, 0.05) is 33.8 Å². The van der Waals surface area contributed by atoms with Crippen LogP contribution in [0.4, 0.5) is 0 Å². The van der Waals surface area contributed by atoms with E-state index >= 15 is 0 Å². The lowest BCUT2D eigenvalue weighted by atomic mass is 10.2. The summed E-state index contributed by atoms with van der Waals surface area (Å²) in [7, 11) is 0. The van der Waals surface area contributed by atoms with E-state index < -0.39 is 0 Å². The molecule has 0 bridgehead atoms. The number of thiophene rings is 2. The minimum Gasteiger partial charge on any atom is -0.301 e. The Morgan fingerprint density at radius 2 is 2.07 bits per heavy atom. The molecule has 0 aromatic carbocycles. The van der Waals surface area contributed by atoms with E-state index in [9.17, 15) is 9.59 Å². The summed E-state index contributed by atoms with van der Waals surface area (Å²) in [6, 6.07) is 9.24. The van der Waals surface area contributed by atoms with Gasteiger partial charge in [-0.05, 0) is 30.0 Å². The van der Waals surface area contributed by atoms with Crippen molar-refractivity contribution in [2.75, 3.05) is 0 Å². The Balaban J connectivity index is 1.45. The zero-order chi connectivity index (χ0) is 20.0. The summed E-state index contributed by atoms with van der Waals surface area (Å²) in [5.41, 5.74) is 2.90. The molecule has 0 radical (unpaired) electrons. The summed E-state index contributed by atoms with van der Waals surface area (Å²) in [5.74, 6) is 0.442. The van der Waals surface area contributed by atoms with Crippen LogP contribution in [0.25, 0.3) is 26.3 Å². The number of fused-ring (bicyclic) bond motifs is 2. The van der Waals surface area contributed by atoms with Gasteiger partial charge < -0.3 is 4.98 Å². The first-order valence-electron chi connectivity index (χ1n) is 8.75. The lowest BCUT2D eigenvalue weighted by Gasteiger charge is -2.05. The fourth-order valence-corrected chi connectivity index (χ4v) is 5.66. The first kappa shape index (κ1) is 18.3. The van der Waals surface area contributed by atoms with Crippen LogP contribution in [0.1, 0.15) is 11.3 Å². The Morgan fingerprint density at radius 1 is 1.17 bits per heavy atom. The first-order chi connectivity index (χ1) is 14.1. The molecule has 29 heavy (non-hydrogen) atoms. The highest BCUT2D eigenvalue weighted by Crippen LogP contribution is 2.34. The van der Waals surface area contributed by atoms with Crippen LogP contribution in [0.5, 0.6) is 0 Å². The van der Waals surface area contributed by atoms with E-state index in [1.807, 2.05) is 41.9 Å². The number of aromatic amines is 1. The van der Waals surface area contributed by atoms with E-state index in [1.165, 1.54) is 33.6 Å². The smallest absolute Gasteiger partial charge is 0.260 e. The van der Waals surface area contributed by atoms with E-state index in [-0.39, 0.29) is 11.1 Å². The van der Waals surface area contributed by atoms with Gasteiger partial charge >= 0.3 is 0 Å². The molecular weight excluding hydrogens is 424 g/mol. The van der Waals surface area contributed by atoms with Crippen molar-refractivity contribution < 1.29 is 0 Å². The fourth-order valence-electron chi connectivity index (χ4n) is 3.09. The molecular formula is C20H14N4O2S3. The number of nitrogens with zero attached hydrogens (tertiary/aromatic N) is 3. The van der Waals surface area contributed by atoms with Crippen LogP contribution in [0.3, 0.4) is 0 Å². The number of H-pyrrole nitrogens is 1. The van der Waals surface area contributed by atoms with Crippen molar-refractivity contribution in [2.45, 2.75) is 17.8 Å². The van der Waals surface area contributed by atoms with Crippen molar-refractivity contribution in [3.63, 3.8) is 0 Å². The molecule has 0 saturated heterocycles. The van der Waals surface area contributed by atoms with Crippen molar-refractivity contribution in [2.24, 2.45) is 0 Å². The molecule has 1 N–H and O–H groups in total. The van der Waals surface area contributed by atoms with Crippen molar-refractivity contribution in [3.05, 3.63) is 79.3 Å². The minimum atomic E-state index is -0.149. The highest BCUT2D eigenvalue weighted by molar-refractivity contribution is 7.98. The van der Waals surface area contributed by atoms with Gasteiger partial charge in [0.05, 0.1) is 11.1 Å². The van der Waals surface area contributed by atoms with Crippen molar-refractivity contribution >= 4 is 50.3 Å². The second-order valence-corrected chi connectivity index (χ2v) is 9.26. The van der Waals surface area contributed by atoms with Crippen LogP contribution in [0.15, 0.2) is 62.0 Å². The molecule has 0 saturated carbocycles. The predicted octanol–water partition coefficient (Wildman–Crippen LogP) is 4.32. The minimum absolute atomic E-state index is 0.120. The van der Waals surface area contributed by atoms with Gasteiger partial charge in [-0.1, -0.05) is 23.9 Å². The molecule has 0 aliphatic rings. The standard InChI is InChI=1S/C20H14N4O2S3/c1-11-4-5-15-21-12(7-16(25)24(15)8-11)9-29-20-22-18(26)17-13(10-28-19(17)23-20)14-3-2-6-27-14/h2-8,10H,9H2,1H3,(H,22,23,26). The number of aromatic nitrogens is 4. The predicted molar refractivity (Wildman–Crippen MR) is 119 cm³/mol. The first-order valence-corrected chi connectivity index (χ1v) is 11.5. The molecule has 0 spiro atoms. The zero-order valence-electron chi connectivity index (χ0n) is 15.2. The summed E-state index contributed by atoms with van der Waals surface area (Å²) < 4.78 is 1.54. The molecule has 0 aliphatic heterocycles. The number of aryl methyl sites for hydroxylation is 1. The van der Waals surface area contributed by atoms with E-state index in [2.05, 4.69) is 15.0 Å². The Kier molecular flexibility index (Phi) is 4.57. The molecule has 5 aromatic rings. The molecule has 5 rings (SSSR count). The SMILES string of the molecule is Cc1ccc2nc(CSc3nc4scc(-c5cccs5)c4c(=O)[nH]3)cc(=O)n2c1. The third-order valence-electron chi connectivity index (χ3n) is 4.43. The molecule has 9 heteroatoms. The Labute approximate surface area is 176 Å². The van der Waals surface area contributed by atoms with Crippen molar-refractivity contribution in [3.8, 4) is 10.4 Å². The van der Waals surface area contributed by atoms with Gasteiger partial charge in [0.15, 0.2) is 5.16 Å². The molecule has 0 aliphatic carbocycles. The highest BCUT2D eigenvalue weighted by Gasteiger charge is 2.14. The second-order valence-electron chi connectivity index (χ2n) is 6.49. The summed E-state index contributed by atoms with van der Waals surface area (Å²) in [4.78, 5) is 38.8. The number of rotatable bonds is 4. The summed E-state index contributed by atoms with van der Waals surface area (Å²) in [6.07, 6.45) is 1.77. The molecule has 5 aromatic heterocycles. The molecule has 0 unspecified atom stereocenters. The Bertz CT molecular complexity index is 1470. The number of nitrogens with one attached hydrogen (secondary N) is 1. The van der Waals surface area contributed by atoms with Gasteiger partial charge in [0.25, 0.3) is 11.1 Å². The quantitative estimate of drug-likeness (QED) is 0.334. The fraction of sp³-hybridized carbons (Fsp3) is 0.100. The topological polar surface area (TPSA) is 80.1 Å². The Morgan fingerprint density at radius 3 is 2.90 bits per heavy atom. The van der Waals surface area contributed by atoms with Crippen LogP contribution in [0.2, 0.25) is 0 Å². The lowest BCUT2D eigenvalue weighted by molar-refractivity contribution is 0.971. The molecule has 0 atom stereocenters. The molecule has 144 valence electrons. The molecule has 0 amide bonds. The van der Waals surface area contributed by atoms with Gasteiger partial charge in [-0.3, -0.25) is 14.0 Å². The maximum atomic E-state index is 12.7. The number of hydrogen-bond donors (Lipinski definition) is 1. The van der Waals surface area contributed by atoms with Crippen LogP contribution in [-0.2, 0) is 5.75 Å². The average Bonchev–Trinajstić information content (AvgIpc) is 3.36. The van der Waals surface area contributed by atoms with Crippen molar-refractivity contribution in [1.29, 1.82) is 0 Å². The largest absolute Gasteiger partial charge is 0.301 e. The maximum Gasteiger partial charge on any atom is 0.260 e. The average molecular weight is 439 g/mol. The van der Waals surface area contributed by atoms with E-state index in [0.717, 1.165) is 16.0 Å². The van der Waals surface area contributed by atoms with Crippen LogP contribution in [-0.4, -0.2) is 19.4 Å². The monoisotopic (exact) mass is 438 g/mol. The van der Waals surface area contributed by atoms with Gasteiger partial charge in [-0.25, -0.2) is 9.97 Å². The lowest BCUT2D eigenvalue weighted by Crippen LogP contribution is -2.15. The van der Waals surface area contributed by atoms with Gasteiger partial charge in [-0.15, -0.1) is 22.7 Å². The molecule has 5 heterocycles. The second kappa shape index (κ2) is 7.25.